The molecule has 1 aliphatic heterocycles. The molecule has 0 saturated carbocycles. The van der Waals surface area contributed by atoms with Gasteiger partial charge in [0.2, 0.25) is 0 Å². The van der Waals surface area contributed by atoms with Crippen molar-refractivity contribution in [2.75, 3.05) is 0 Å². The maximum atomic E-state index is 4.46. The molecule has 0 saturated heterocycles. The second kappa shape index (κ2) is 5.69. The van der Waals surface area contributed by atoms with E-state index < -0.39 is 0 Å². The SMILES string of the molecule is CCCCCCC(C)(C)c1ccc2c(c1)N=CC2. The number of hydrogen-bond donors (Lipinski definition) is 0. The number of rotatable bonds is 6. The fraction of sp³-hybridized carbons (Fsp3) is 0.588. The van der Waals surface area contributed by atoms with E-state index in [-0.39, 0.29) is 5.41 Å². The number of aliphatic imine (C=N–C) groups is 1. The summed E-state index contributed by atoms with van der Waals surface area (Å²) in [6, 6.07) is 6.84. The molecule has 0 aliphatic carbocycles. The zero-order valence-electron chi connectivity index (χ0n) is 12.0. The molecule has 2 rings (SSSR count). The van der Waals surface area contributed by atoms with Crippen molar-refractivity contribution in [1.29, 1.82) is 0 Å². The van der Waals surface area contributed by atoms with Crippen LogP contribution in [0.1, 0.15) is 64.0 Å². The first-order valence-electron chi connectivity index (χ1n) is 7.29. The van der Waals surface area contributed by atoms with Gasteiger partial charge in [0, 0.05) is 12.6 Å². The molecule has 98 valence electrons. The van der Waals surface area contributed by atoms with E-state index in [0.717, 1.165) is 6.42 Å². The summed E-state index contributed by atoms with van der Waals surface area (Å²) in [5.74, 6) is 0. The van der Waals surface area contributed by atoms with Crippen molar-refractivity contribution in [2.24, 2.45) is 4.99 Å². The Bertz CT molecular complexity index is 429. The van der Waals surface area contributed by atoms with Gasteiger partial charge >= 0.3 is 0 Å². The molecule has 0 unspecified atom stereocenters. The molecule has 0 spiro atoms. The summed E-state index contributed by atoms with van der Waals surface area (Å²) in [6.07, 6.45) is 9.67. The summed E-state index contributed by atoms with van der Waals surface area (Å²) >= 11 is 0. The van der Waals surface area contributed by atoms with Crippen molar-refractivity contribution in [2.45, 2.75) is 64.7 Å². The van der Waals surface area contributed by atoms with Gasteiger partial charge in [-0.2, -0.15) is 0 Å². The minimum Gasteiger partial charge on any atom is -0.261 e. The predicted octanol–water partition coefficient (Wildman–Crippen LogP) is 5.19. The van der Waals surface area contributed by atoms with Gasteiger partial charge in [0.25, 0.3) is 0 Å². The van der Waals surface area contributed by atoms with Crippen LogP contribution in [-0.4, -0.2) is 6.21 Å². The van der Waals surface area contributed by atoms with Gasteiger partial charge in [-0.3, -0.25) is 4.99 Å². The minimum atomic E-state index is 0.279. The van der Waals surface area contributed by atoms with Gasteiger partial charge in [0.15, 0.2) is 0 Å². The normalized spacial score (nSPS) is 13.9. The van der Waals surface area contributed by atoms with E-state index >= 15 is 0 Å². The third kappa shape index (κ3) is 3.01. The number of benzene rings is 1. The Balaban J connectivity index is 2.02. The van der Waals surface area contributed by atoms with Gasteiger partial charge in [-0.15, -0.1) is 0 Å². The lowest BCUT2D eigenvalue weighted by Gasteiger charge is -2.26. The molecular formula is C17H25N. The summed E-state index contributed by atoms with van der Waals surface area (Å²) in [5, 5.41) is 0. The van der Waals surface area contributed by atoms with Crippen molar-refractivity contribution in [1.82, 2.24) is 0 Å². The van der Waals surface area contributed by atoms with E-state index in [0.29, 0.717) is 0 Å². The zero-order chi connectivity index (χ0) is 13.0. The maximum Gasteiger partial charge on any atom is 0.0664 e. The summed E-state index contributed by atoms with van der Waals surface area (Å²) in [4.78, 5) is 4.46. The van der Waals surface area contributed by atoms with E-state index in [4.69, 9.17) is 0 Å². The van der Waals surface area contributed by atoms with Crippen LogP contribution in [0.2, 0.25) is 0 Å². The molecule has 0 radical (unpaired) electrons. The fourth-order valence-electron chi connectivity index (χ4n) is 2.66. The molecule has 1 nitrogen and oxygen atoms in total. The highest BCUT2D eigenvalue weighted by molar-refractivity contribution is 5.76. The minimum absolute atomic E-state index is 0.279. The highest BCUT2D eigenvalue weighted by Gasteiger charge is 2.21. The summed E-state index contributed by atoms with van der Waals surface area (Å²) in [7, 11) is 0. The largest absolute Gasteiger partial charge is 0.261 e. The second-order valence-corrected chi connectivity index (χ2v) is 6.05. The van der Waals surface area contributed by atoms with Crippen LogP contribution in [0.5, 0.6) is 0 Å². The first-order chi connectivity index (χ1) is 8.63. The van der Waals surface area contributed by atoms with Crippen LogP contribution in [-0.2, 0) is 11.8 Å². The van der Waals surface area contributed by atoms with Crippen LogP contribution < -0.4 is 0 Å². The first kappa shape index (κ1) is 13.3. The van der Waals surface area contributed by atoms with Gasteiger partial charge in [0.05, 0.1) is 5.69 Å². The van der Waals surface area contributed by atoms with E-state index in [9.17, 15) is 0 Å². The van der Waals surface area contributed by atoms with Crippen molar-refractivity contribution in [3.8, 4) is 0 Å². The highest BCUT2D eigenvalue weighted by atomic mass is 14.7. The molecule has 0 bridgehead atoms. The lowest BCUT2D eigenvalue weighted by molar-refractivity contribution is 0.446. The Morgan fingerprint density at radius 3 is 2.78 bits per heavy atom. The molecular weight excluding hydrogens is 218 g/mol. The van der Waals surface area contributed by atoms with Crippen LogP contribution in [0.25, 0.3) is 0 Å². The summed E-state index contributed by atoms with van der Waals surface area (Å²) in [5.41, 5.74) is 4.28. The Morgan fingerprint density at radius 1 is 1.17 bits per heavy atom. The molecule has 1 aromatic carbocycles. The molecule has 0 atom stereocenters. The topological polar surface area (TPSA) is 12.4 Å². The van der Waals surface area contributed by atoms with Crippen molar-refractivity contribution in [3.05, 3.63) is 29.3 Å². The number of unbranched alkanes of at least 4 members (excludes halogenated alkanes) is 3. The van der Waals surface area contributed by atoms with Gasteiger partial charge in [0.1, 0.15) is 0 Å². The van der Waals surface area contributed by atoms with Gasteiger partial charge in [-0.1, -0.05) is 58.6 Å². The van der Waals surface area contributed by atoms with E-state index in [1.807, 2.05) is 6.21 Å². The zero-order valence-corrected chi connectivity index (χ0v) is 12.0. The molecule has 0 fully saturated rings. The van der Waals surface area contributed by atoms with E-state index in [2.05, 4.69) is 44.0 Å². The lowest BCUT2D eigenvalue weighted by atomic mass is 9.79. The summed E-state index contributed by atoms with van der Waals surface area (Å²) < 4.78 is 0. The summed E-state index contributed by atoms with van der Waals surface area (Å²) in [6.45, 7) is 6.99. The van der Waals surface area contributed by atoms with Gasteiger partial charge < -0.3 is 0 Å². The number of fused-ring (bicyclic) bond motifs is 1. The van der Waals surface area contributed by atoms with Gasteiger partial charge in [-0.05, 0) is 29.0 Å². The van der Waals surface area contributed by atoms with E-state index in [1.54, 1.807) is 0 Å². The quantitative estimate of drug-likeness (QED) is 0.609. The lowest BCUT2D eigenvalue weighted by Crippen LogP contribution is -2.16. The maximum absolute atomic E-state index is 4.46. The van der Waals surface area contributed by atoms with Gasteiger partial charge in [-0.25, -0.2) is 0 Å². The molecule has 1 heteroatoms. The molecule has 0 N–H and O–H groups in total. The van der Waals surface area contributed by atoms with Crippen LogP contribution in [0, 0.1) is 0 Å². The van der Waals surface area contributed by atoms with Crippen molar-refractivity contribution in [3.63, 3.8) is 0 Å². The Kier molecular flexibility index (Phi) is 4.21. The van der Waals surface area contributed by atoms with Crippen LogP contribution in [0.15, 0.2) is 23.2 Å². The Hall–Kier alpha value is -1.11. The van der Waals surface area contributed by atoms with Crippen LogP contribution >= 0.6 is 0 Å². The molecule has 0 aromatic heterocycles. The average molecular weight is 243 g/mol. The predicted molar refractivity (Wildman–Crippen MR) is 80.1 cm³/mol. The molecule has 18 heavy (non-hydrogen) atoms. The fourth-order valence-corrected chi connectivity index (χ4v) is 2.66. The van der Waals surface area contributed by atoms with Crippen LogP contribution in [0.3, 0.4) is 0 Å². The molecule has 1 heterocycles. The smallest absolute Gasteiger partial charge is 0.0664 e. The first-order valence-corrected chi connectivity index (χ1v) is 7.29. The van der Waals surface area contributed by atoms with Crippen molar-refractivity contribution < 1.29 is 0 Å². The highest BCUT2D eigenvalue weighted by Crippen LogP contribution is 2.34. The molecule has 0 amide bonds. The Morgan fingerprint density at radius 2 is 2.00 bits per heavy atom. The molecule has 1 aromatic rings. The monoisotopic (exact) mass is 243 g/mol. The second-order valence-electron chi connectivity index (χ2n) is 6.05. The van der Waals surface area contributed by atoms with Crippen LogP contribution in [0.4, 0.5) is 5.69 Å². The third-order valence-corrected chi connectivity index (χ3v) is 4.06. The Labute approximate surface area is 111 Å². The van der Waals surface area contributed by atoms with Crippen molar-refractivity contribution >= 4 is 11.9 Å². The number of hydrogen-bond acceptors (Lipinski definition) is 1. The standard InChI is InChI=1S/C17H25N/c1-4-5-6-7-11-17(2,3)15-9-8-14-10-12-18-16(14)13-15/h8-9,12-13H,4-7,10-11H2,1-3H3. The average Bonchev–Trinajstić information content (AvgIpc) is 2.82. The van der Waals surface area contributed by atoms with E-state index in [1.165, 1.54) is 48.9 Å². The molecule has 1 aliphatic rings. The number of nitrogens with zero attached hydrogens (tertiary/aromatic N) is 1. The third-order valence-electron chi connectivity index (χ3n) is 4.06.